The van der Waals surface area contributed by atoms with E-state index < -0.39 is 17.9 Å². The maximum absolute atomic E-state index is 12.2. The van der Waals surface area contributed by atoms with E-state index in [1.165, 1.54) is 0 Å². The van der Waals surface area contributed by atoms with Crippen LogP contribution in [0.4, 0.5) is 4.79 Å². The molecule has 1 atom stereocenters. The van der Waals surface area contributed by atoms with Crippen molar-refractivity contribution in [2.75, 3.05) is 0 Å². The highest BCUT2D eigenvalue weighted by atomic mass is 16.7. The van der Waals surface area contributed by atoms with E-state index in [4.69, 9.17) is 21.0 Å². The first-order valence-electron chi connectivity index (χ1n) is 6.51. The zero-order valence-electron chi connectivity index (χ0n) is 12.7. The Kier molecular flexibility index (Phi) is 5.73. The summed E-state index contributed by atoms with van der Waals surface area (Å²) in [5.41, 5.74) is 10.6. The summed E-state index contributed by atoms with van der Waals surface area (Å²) in [6.45, 7) is 5.15. The Morgan fingerprint density at radius 1 is 1.27 bits per heavy atom. The molecular formula is C14H20N4O4. The zero-order chi connectivity index (χ0) is 16.8. The van der Waals surface area contributed by atoms with Crippen molar-refractivity contribution in [1.82, 2.24) is 5.06 Å². The molecule has 1 rings (SSSR count). The summed E-state index contributed by atoms with van der Waals surface area (Å²) in [4.78, 5) is 31.6. The van der Waals surface area contributed by atoms with E-state index in [2.05, 4.69) is 4.99 Å². The molecule has 22 heavy (non-hydrogen) atoms. The summed E-state index contributed by atoms with van der Waals surface area (Å²) in [7, 11) is 0. The van der Waals surface area contributed by atoms with Crippen molar-refractivity contribution in [3.63, 3.8) is 0 Å². The van der Waals surface area contributed by atoms with Crippen LogP contribution in [0.15, 0.2) is 35.3 Å². The number of carbonyl (C=O) groups is 2. The number of carbonyl (C=O) groups excluding carboxylic acids is 2. The Morgan fingerprint density at radius 3 is 2.32 bits per heavy atom. The second-order valence-corrected chi connectivity index (χ2v) is 5.35. The lowest BCUT2D eigenvalue weighted by atomic mass is 10.2. The molecule has 0 spiro atoms. The first-order valence-corrected chi connectivity index (χ1v) is 6.51. The lowest BCUT2D eigenvalue weighted by Crippen LogP contribution is -2.40. The lowest BCUT2D eigenvalue weighted by molar-refractivity contribution is -0.178. The van der Waals surface area contributed by atoms with Gasteiger partial charge < -0.3 is 21.0 Å². The molecule has 8 heteroatoms. The molecule has 1 unspecified atom stereocenters. The van der Waals surface area contributed by atoms with Crippen LogP contribution in [0.5, 0.6) is 0 Å². The maximum atomic E-state index is 12.2. The summed E-state index contributed by atoms with van der Waals surface area (Å²) < 4.78 is 5.19. The van der Waals surface area contributed by atoms with Gasteiger partial charge in [0, 0.05) is 5.56 Å². The smallest absolute Gasteiger partial charge is 0.442 e. The number of hydrogen-bond donors (Lipinski definition) is 2. The molecule has 0 aliphatic rings. The number of rotatable bonds is 5. The Labute approximate surface area is 128 Å². The van der Waals surface area contributed by atoms with Gasteiger partial charge in [0.05, 0.1) is 0 Å². The van der Waals surface area contributed by atoms with Crippen LogP contribution in [-0.4, -0.2) is 29.2 Å². The molecule has 8 nitrogen and oxygen atoms in total. The summed E-state index contributed by atoms with van der Waals surface area (Å²) in [6.07, 6.45) is -1.94. The molecule has 0 saturated carbocycles. The zero-order valence-corrected chi connectivity index (χ0v) is 12.7. The lowest BCUT2D eigenvalue weighted by Gasteiger charge is -2.28. The van der Waals surface area contributed by atoms with Gasteiger partial charge in [0.25, 0.3) is 0 Å². The minimum Gasteiger partial charge on any atom is -0.442 e. The normalized spacial score (nSPS) is 12.0. The maximum Gasteiger partial charge on any atom is 0.446 e. The van der Waals surface area contributed by atoms with Crippen LogP contribution in [0.25, 0.3) is 0 Å². The highest BCUT2D eigenvalue weighted by Crippen LogP contribution is 2.24. The van der Waals surface area contributed by atoms with Crippen molar-refractivity contribution in [2.24, 2.45) is 16.5 Å². The molecule has 0 bridgehead atoms. The Balaban J connectivity index is 3.18. The van der Waals surface area contributed by atoms with E-state index in [1.807, 2.05) is 0 Å². The molecule has 0 aliphatic carbocycles. The number of hydrogen-bond acceptors (Lipinski definition) is 5. The van der Waals surface area contributed by atoms with E-state index in [0.29, 0.717) is 10.6 Å². The second-order valence-electron chi connectivity index (χ2n) is 5.35. The number of amides is 1. The van der Waals surface area contributed by atoms with Crippen LogP contribution in [-0.2, 0) is 14.4 Å². The first-order chi connectivity index (χ1) is 10.2. The molecule has 120 valence electrons. The summed E-state index contributed by atoms with van der Waals surface area (Å²) >= 11 is 0. The van der Waals surface area contributed by atoms with E-state index in [9.17, 15) is 9.59 Å². The third-order valence-electron chi connectivity index (χ3n) is 2.32. The van der Waals surface area contributed by atoms with Gasteiger partial charge in [0.15, 0.2) is 12.1 Å². The van der Waals surface area contributed by atoms with E-state index in [1.54, 1.807) is 51.1 Å². The molecule has 1 aromatic carbocycles. The average molecular weight is 308 g/mol. The molecule has 0 fully saturated rings. The fourth-order valence-corrected chi connectivity index (χ4v) is 1.58. The van der Waals surface area contributed by atoms with Crippen LogP contribution in [0.2, 0.25) is 0 Å². The fourth-order valence-electron chi connectivity index (χ4n) is 1.58. The molecule has 0 radical (unpaired) electrons. The summed E-state index contributed by atoms with van der Waals surface area (Å²) in [6, 6.07) is 8.62. The van der Waals surface area contributed by atoms with Crippen molar-refractivity contribution < 1.29 is 19.2 Å². The van der Waals surface area contributed by atoms with Crippen LogP contribution in [0.1, 0.15) is 32.5 Å². The Morgan fingerprint density at radius 2 is 1.86 bits per heavy atom. The number of hydroxylamine groups is 2. The Hall–Kier alpha value is -2.77. The molecule has 1 amide bonds. The summed E-state index contributed by atoms with van der Waals surface area (Å²) in [5.74, 6) is -0.267. The van der Waals surface area contributed by atoms with Gasteiger partial charge in [0.2, 0.25) is 0 Å². The highest BCUT2D eigenvalue weighted by Gasteiger charge is 2.31. The van der Waals surface area contributed by atoms with Gasteiger partial charge in [-0.05, 0) is 20.8 Å². The van der Waals surface area contributed by atoms with Crippen molar-refractivity contribution >= 4 is 18.5 Å². The average Bonchev–Trinajstić information content (AvgIpc) is 2.41. The number of aliphatic imine (C=N–C) groups is 1. The minimum atomic E-state index is -1.05. The molecule has 1 aromatic rings. The predicted molar refractivity (Wildman–Crippen MR) is 80.2 cm³/mol. The largest absolute Gasteiger partial charge is 0.446 e. The number of ether oxygens (including phenoxy) is 1. The van der Waals surface area contributed by atoms with Gasteiger partial charge in [-0.1, -0.05) is 30.3 Å². The predicted octanol–water partition coefficient (Wildman–Crippen LogP) is 1.28. The van der Waals surface area contributed by atoms with Gasteiger partial charge in [-0.2, -0.15) is 0 Å². The SMILES string of the molecule is CC(C)(C)OC(=O)N(OC=O)C(N=C(N)N)c1ccccc1. The van der Waals surface area contributed by atoms with Crippen molar-refractivity contribution in [3.8, 4) is 0 Å². The van der Waals surface area contributed by atoms with Gasteiger partial charge in [0.1, 0.15) is 5.60 Å². The second kappa shape index (κ2) is 7.30. The Bertz CT molecular complexity index is 536. The number of nitrogens with two attached hydrogens (primary N) is 2. The third-order valence-corrected chi connectivity index (χ3v) is 2.32. The minimum absolute atomic E-state index is 0.0993. The van der Waals surface area contributed by atoms with E-state index in [-0.39, 0.29) is 12.4 Å². The van der Waals surface area contributed by atoms with Gasteiger partial charge >= 0.3 is 12.6 Å². The van der Waals surface area contributed by atoms with E-state index in [0.717, 1.165) is 0 Å². The number of guanidine groups is 1. The quantitative estimate of drug-likeness (QED) is 0.366. The molecule has 0 aliphatic heterocycles. The molecule has 0 saturated heterocycles. The monoisotopic (exact) mass is 308 g/mol. The van der Waals surface area contributed by atoms with Gasteiger partial charge in [-0.15, -0.1) is 5.06 Å². The van der Waals surface area contributed by atoms with E-state index >= 15 is 0 Å². The molecule has 0 aromatic heterocycles. The molecule has 0 heterocycles. The molecular weight excluding hydrogens is 288 g/mol. The fraction of sp³-hybridized carbons (Fsp3) is 0.357. The van der Waals surface area contributed by atoms with Crippen LogP contribution >= 0.6 is 0 Å². The van der Waals surface area contributed by atoms with Crippen molar-refractivity contribution in [3.05, 3.63) is 35.9 Å². The van der Waals surface area contributed by atoms with Gasteiger partial charge in [-0.25, -0.2) is 9.79 Å². The first kappa shape index (κ1) is 17.3. The van der Waals surface area contributed by atoms with Crippen molar-refractivity contribution in [1.29, 1.82) is 0 Å². The molecule has 4 N–H and O–H groups in total. The standard InChI is InChI=1S/C14H20N4O4/c1-14(2,3)22-13(20)18(21-9-19)11(17-12(15)16)10-7-5-4-6-8-10/h4-9,11H,1-3H3,(H4,15,16,17). The van der Waals surface area contributed by atoms with Crippen LogP contribution in [0, 0.1) is 0 Å². The topological polar surface area (TPSA) is 120 Å². The van der Waals surface area contributed by atoms with Crippen LogP contribution < -0.4 is 11.5 Å². The number of benzene rings is 1. The highest BCUT2D eigenvalue weighted by molar-refractivity contribution is 5.76. The number of nitrogens with zero attached hydrogens (tertiary/aromatic N) is 2. The van der Waals surface area contributed by atoms with Crippen LogP contribution in [0.3, 0.4) is 0 Å². The third kappa shape index (κ3) is 5.31. The van der Waals surface area contributed by atoms with Crippen molar-refractivity contribution in [2.45, 2.75) is 32.5 Å². The van der Waals surface area contributed by atoms with Gasteiger partial charge in [-0.3, -0.25) is 4.79 Å². The summed E-state index contributed by atoms with van der Waals surface area (Å²) in [5, 5.41) is 0.674.